The maximum atomic E-state index is 12.5. The van der Waals surface area contributed by atoms with E-state index < -0.39 is 0 Å². The molecular formula is C24H22N4O2. The molecule has 0 atom stereocenters. The van der Waals surface area contributed by atoms with Gasteiger partial charge in [0.05, 0.1) is 12.6 Å². The highest BCUT2D eigenvalue weighted by Gasteiger charge is 2.14. The molecule has 0 aliphatic rings. The van der Waals surface area contributed by atoms with Gasteiger partial charge in [0.1, 0.15) is 17.4 Å². The average Bonchev–Trinajstić information content (AvgIpc) is 2.82. The van der Waals surface area contributed by atoms with Gasteiger partial charge in [0.15, 0.2) is 5.78 Å². The van der Waals surface area contributed by atoms with Gasteiger partial charge in [-0.1, -0.05) is 12.1 Å². The zero-order valence-corrected chi connectivity index (χ0v) is 16.9. The van der Waals surface area contributed by atoms with Crippen LogP contribution in [0.1, 0.15) is 22.6 Å². The number of hydrogen-bond donors (Lipinski definition) is 0. The van der Waals surface area contributed by atoms with E-state index in [0.717, 1.165) is 28.2 Å². The van der Waals surface area contributed by atoms with Crippen LogP contribution in [-0.2, 0) is 6.42 Å². The molecule has 0 saturated heterocycles. The third kappa shape index (κ3) is 4.12. The van der Waals surface area contributed by atoms with Gasteiger partial charge in [-0.05, 0) is 48.5 Å². The van der Waals surface area contributed by atoms with Gasteiger partial charge >= 0.3 is 0 Å². The number of para-hydroxylation sites is 1. The molecule has 0 N–H and O–H groups in total. The van der Waals surface area contributed by atoms with Gasteiger partial charge in [-0.2, -0.15) is 0 Å². The summed E-state index contributed by atoms with van der Waals surface area (Å²) in [5.41, 5.74) is 2.44. The molecular weight excluding hydrogens is 376 g/mol. The Morgan fingerprint density at radius 1 is 1.00 bits per heavy atom. The highest BCUT2D eigenvalue weighted by Crippen LogP contribution is 2.30. The predicted octanol–water partition coefficient (Wildman–Crippen LogP) is 4.62. The van der Waals surface area contributed by atoms with Crippen LogP contribution in [0.3, 0.4) is 0 Å². The number of ether oxygens (including phenoxy) is 1. The predicted molar refractivity (Wildman–Crippen MR) is 117 cm³/mol. The largest absolute Gasteiger partial charge is 0.497 e. The number of aromatic nitrogens is 3. The van der Waals surface area contributed by atoms with Crippen molar-refractivity contribution in [2.75, 3.05) is 19.1 Å². The third-order valence-corrected chi connectivity index (χ3v) is 4.97. The van der Waals surface area contributed by atoms with E-state index in [4.69, 9.17) is 9.72 Å². The topological polar surface area (TPSA) is 68.2 Å². The summed E-state index contributed by atoms with van der Waals surface area (Å²) >= 11 is 0. The third-order valence-electron chi connectivity index (χ3n) is 4.97. The maximum absolute atomic E-state index is 12.5. The molecule has 0 fully saturated rings. The van der Waals surface area contributed by atoms with E-state index in [1.54, 1.807) is 31.6 Å². The Morgan fingerprint density at radius 2 is 1.80 bits per heavy atom. The molecule has 2 aromatic heterocycles. The van der Waals surface area contributed by atoms with Gasteiger partial charge in [0.2, 0.25) is 0 Å². The summed E-state index contributed by atoms with van der Waals surface area (Å²) in [4.78, 5) is 28.0. The molecule has 0 aliphatic heterocycles. The number of carbonyl (C=O) groups is 1. The fraction of sp³-hybridized carbons (Fsp3) is 0.167. The number of benzene rings is 2. The summed E-state index contributed by atoms with van der Waals surface area (Å²) in [5.74, 6) is 2.27. The highest BCUT2D eigenvalue weighted by molar-refractivity contribution is 5.96. The number of pyridine rings is 1. The first-order valence-corrected chi connectivity index (χ1v) is 9.72. The monoisotopic (exact) mass is 398 g/mol. The molecule has 6 heteroatoms. The van der Waals surface area contributed by atoms with Crippen molar-refractivity contribution >= 4 is 28.2 Å². The minimum atomic E-state index is 0.0323. The van der Waals surface area contributed by atoms with Crippen molar-refractivity contribution in [2.24, 2.45) is 0 Å². The lowest BCUT2D eigenvalue weighted by molar-refractivity contribution is 0.0982. The maximum Gasteiger partial charge on any atom is 0.164 e. The summed E-state index contributed by atoms with van der Waals surface area (Å²) < 4.78 is 5.25. The average molecular weight is 398 g/mol. The van der Waals surface area contributed by atoms with Gasteiger partial charge in [0, 0.05) is 48.9 Å². The van der Waals surface area contributed by atoms with Crippen molar-refractivity contribution in [1.82, 2.24) is 15.0 Å². The number of methoxy groups -OCH3 is 1. The van der Waals surface area contributed by atoms with E-state index in [9.17, 15) is 4.79 Å². The molecule has 6 nitrogen and oxygen atoms in total. The molecule has 0 bridgehead atoms. The molecule has 2 heterocycles. The number of fused-ring (bicyclic) bond motifs is 1. The Balaban J connectivity index is 1.64. The lowest BCUT2D eigenvalue weighted by Gasteiger charge is -2.21. The van der Waals surface area contributed by atoms with Crippen LogP contribution in [0, 0.1) is 0 Å². The van der Waals surface area contributed by atoms with Crippen molar-refractivity contribution in [3.05, 3.63) is 84.4 Å². The van der Waals surface area contributed by atoms with Crippen LogP contribution in [0.25, 0.3) is 10.9 Å². The Kier molecular flexibility index (Phi) is 5.66. The number of ketones is 1. The van der Waals surface area contributed by atoms with Gasteiger partial charge in [-0.15, -0.1) is 0 Å². The van der Waals surface area contributed by atoms with Gasteiger partial charge in [-0.25, -0.2) is 9.97 Å². The Bertz CT molecular complexity index is 1160. The van der Waals surface area contributed by atoms with E-state index in [0.29, 0.717) is 24.2 Å². The zero-order chi connectivity index (χ0) is 20.9. The van der Waals surface area contributed by atoms with Gasteiger partial charge < -0.3 is 9.64 Å². The van der Waals surface area contributed by atoms with Gasteiger partial charge in [-0.3, -0.25) is 9.78 Å². The van der Waals surface area contributed by atoms with E-state index in [2.05, 4.69) is 9.97 Å². The molecule has 0 unspecified atom stereocenters. The van der Waals surface area contributed by atoms with E-state index >= 15 is 0 Å². The summed E-state index contributed by atoms with van der Waals surface area (Å²) in [6.45, 7) is 0. The van der Waals surface area contributed by atoms with Crippen molar-refractivity contribution in [3.8, 4) is 5.75 Å². The van der Waals surface area contributed by atoms with Crippen molar-refractivity contribution in [3.63, 3.8) is 0 Å². The quantitative estimate of drug-likeness (QED) is 0.423. The van der Waals surface area contributed by atoms with Gasteiger partial charge in [0.25, 0.3) is 0 Å². The van der Waals surface area contributed by atoms with E-state index in [1.165, 1.54) is 0 Å². The highest BCUT2D eigenvalue weighted by atomic mass is 16.5. The zero-order valence-electron chi connectivity index (χ0n) is 16.9. The summed E-state index contributed by atoms with van der Waals surface area (Å²) in [5, 5.41) is 0.957. The summed E-state index contributed by atoms with van der Waals surface area (Å²) in [7, 11) is 3.62. The molecule has 0 radical (unpaired) electrons. The van der Waals surface area contributed by atoms with Crippen molar-refractivity contribution < 1.29 is 9.53 Å². The number of carbonyl (C=O) groups excluding carboxylic acids is 1. The molecule has 150 valence electrons. The fourth-order valence-corrected chi connectivity index (χ4v) is 3.30. The number of rotatable bonds is 7. The fourth-order valence-electron chi connectivity index (χ4n) is 3.30. The molecule has 0 saturated carbocycles. The minimum Gasteiger partial charge on any atom is -0.497 e. The Morgan fingerprint density at radius 3 is 2.53 bits per heavy atom. The number of hydrogen-bond acceptors (Lipinski definition) is 6. The molecule has 4 aromatic rings. The number of anilines is 2. The first-order valence-electron chi connectivity index (χ1n) is 9.72. The number of aryl methyl sites for hydroxylation is 1. The lowest BCUT2D eigenvalue weighted by atomic mass is 10.1. The minimum absolute atomic E-state index is 0.0323. The molecule has 2 aromatic carbocycles. The van der Waals surface area contributed by atoms with Crippen molar-refractivity contribution in [1.29, 1.82) is 0 Å². The van der Waals surface area contributed by atoms with Crippen LogP contribution in [-0.4, -0.2) is 34.9 Å². The van der Waals surface area contributed by atoms with Crippen LogP contribution in [0.15, 0.2) is 73.1 Å². The van der Waals surface area contributed by atoms with Crippen molar-refractivity contribution in [2.45, 2.75) is 12.8 Å². The standard InChI is InChI=1S/C24H22N4O2/c1-28(18-9-11-19(30-2)12-10-18)24-20-7-3-4-8-21(20)26-23(27-24)14-13-22(29)17-6-5-15-25-16-17/h3-12,15-16H,13-14H2,1-2H3. The first-order chi connectivity index (χ1) is 14.7. The summed E-state index contributed by atoms with van der Waals surface area (Å²) in [6, 6.07) is 19.3. The molecule has 0 spiro atoms. The van der Waals surface area contributed by atoms with Crippen LogP contribution in [0.5, 0.6) is 5.75 Å². The van der Waals surface area contributed by atoms with Crippen LogP contribution < -0.4 is 9.64 Å². The summed E-state index contributed by atoms with van der Waals surface area (Å²) in [6.07, 6.45) is 4.04. The smallest absolute Gasteiger partial charge is 0.164 e. The second-order valence-corrected chi connectivity index (χ2v) is 6.90. The first kappa shape index (κ1) is 19.5. The molecule has 0 aliphatic carbocycles. The second-order valence-electron chi connectivity index (χ2n) is 6.90. The van der Waals surface area contributed by atoms with Crippen LogP contribution >= 0.6 is 0 Å². The molecule has 30 heavy (non-hydrogen) atoms. The lowest BCUT2D eigenvalue weighted by Crippen LogP contribution is -2.14. The number of Topliss-reactive ketones (excluding diaryl/α,β-unsaturated/α-hetero) is 1. The Labute approximate surface area is 175 Å². The Hall–Kier alpha value is -3.80. The van der Waals surface area contributed by atoms with E-state index in [1.807, 2.05) is 60.5 Å². The number of nitrogens with zero attached hydrogens (tertiary/aromatic N) is 4. The normalized spacial score (nSPS) is 10.7. The van der Waals surface area contributed by atoms with Crippen LogP contribution in [0.4, 0.5) is 11.5 Å². The van der Waals surface area contributed by atoms with E-state index in [-0.39, 0.29) is 5.78 Å². The molecule has 4 rings (SSSR count). The SMILES string of the molecule is COc1ccc(N(C)c2nc(CCC(=O)c3cccnc3)nc3ccccc23)cc1. The molecule has 0 amide bonds. The van der Waals surface area contributed by atoms with Crippen LogP contribution in [0.2, 0.25) is 0 Å². The second kappa shape index (κ2) is 8.69.